The number of hydrogen-bond donors (Lipinski definition) is 1. The van der Waals surface area contributed by atoms with Gasteiger partial charge in [0.15, 0.2) is 0 Å². The second-order valence-corrected chi connectivity index (χ2v) is 6.31. The normalized spacial score (nSPS) is 10.4. The van der Waals surface area contributed by atoms with Crippen LogP contribution in [0.4, 0.5) is 5.69 Å². The molecular weight excluding hydrogens is 382 g/mol. The molecule has 0 aliphatic carbocycles. The molecule has 0 spiro atoms. The molecule has 0 heterocycles. The van der Waals surface area contributed by atoms with E-state index in [4.69, 9.17) is 0 Å². The molecule has 4 heteroatoms. The predicted molar refractivity (Wildman–Crippen MR) is 90.4 cm³/mol. The summed E-state index contributed by atoms with van der Waals surface area (Å²) in [6.45, 7) is 4.09. The SMILES string of the molecule is CCc1cccc(C)c1NC(=O)c1cc(Br)ccc1Br. The van der Waals surface area contributed by atoms with Crippen LogP contribution >= 0.6 is 31.9 Å². The molecule has 104 valence electrons. The fourth-order valence-electron chi connectivity index (χ4n) is 2.05. The summed E-state index contributed by atoms with van der Waals surface area (Å²) in [5.41, 5.74) is 3.74. The van der Waals surface area contributed by atoms with Crippen molar-refractivity contribution >= 4 is 43.5 Å². The number of anilines is 1. The van der Waals surface area contributed by atoms with Gasteiger partial charge in [0, 0.05) is 14.6 Å². The number of para-hydroxylation sites is 1. The number of amides is 1. The molecule has 0 unspecified atom stereocenters. The Balaban J connectivity index is 2.35. The third-order valence-electron chi connectivity index (χ3n) is 3.15. The van der Waals surface area contributed by atoms with Gasteiger partial charge in [-0.15, -0.1) is 0 Å². The zero-order valence-corrected chi connectivity index (χ0v) is 14.5. The molecular formula is C16H15Br2NO. The second-order valence-electron chi connectivity index (χ2n) is 4.54. The van der Waals surface area contributed by atoms with Gasteiger partial charge < -0.3 is 5.32 Å². The molecule has 1 amide bonds. The lowest BCUT2D eigenvalue weighted by molar-refractivity contribution is 0.102. The summed E-state index contributed by atoms with van der Waals surface area (Å²) in [5.74, 6) is -0.109. The van der Waals surface area contributed by atoms with Gasteiger partial charge in [-0.25, -0.2) is 0 Å². The quantitative estimate of drug-likeness (QED) is 0.745. The molecule has 0 radical (unpaired) electrons. The Morgan fingerprint density at radius 2 is 1.95 bits per heavy atom. The van der Waals surface area contributed by atoms with Crippen molar-refractivity contribution in [3.63, 3.8) is 0 Å². The molecule has 1 N–H and O–H groups in total. The van der Waals surface area contributed by atoms with E-state index in [-0.39, 0.29) is 5.91 Å². The van der Waals surface area contributed by atoms with E-state index in [9.17, 15) is 4.79 Å². The lowest BCUT2D eigenvalue weighted by Gasteiger charge is -2.13. The maximum absolute atomic E-state index is 12.4. The lowest BCUT2D eigenvalue weighted by atomic mass is 10.1. The van der Waals surface area contributed by atoms with Crippen LogP contribution in [0.5, 0.6) is 0 Å². The summed E-state index contributed by atoms with van der Waals surface area (Å²) in [6, 6.07) is 11.6. The Kier molecular flexibility index (Phi) is 5.00. The maximum Gasteiger partial charge on any atom is 0.256 e. The molecule has 0 saturated carbocycles. The molecule has 20 heavy (non-hydrogen) atoms. The van der Waals surface area contributed by atoms with E-state index in [0.717, 1.165) is 32.2 Å². The summed E-state index contributed by atoms with van der Waals surface area (Å²) in [4.78, 5) is 12.4. The highest BCUT2D eigenvalue weighted by Gasteiger charge is 2.13. The summed E-state index contributed by atoms with van der Waals surface area (Å²) < 4.78 is 1.66. The number of carbonyl (C=O) groups is 1. The first-order valence-corrected chi connectivity index (χ1v) is 7.96. The van der Waals surface area contributed by atoms with Crippen LogP contribution in [0.25, 0.3) is 0 Å². The summed E-state index contributed by atoms with van der Waals surface area (Å²) in [5, 5.41) is 3.02. The maximum atomic E-state index is 12.4. The van der Waals surface area contributed by atoms with Gasteiger partial charge in [-0.05, 0) is 58.6 Å². The molecule has 0 aliphatic heterocycles. The largest absolute Gasteiger partial charge is 0.321 e. The minimum absolute atomic E-state index is 0.109. The Labute approximate surface area is 135 Å². The van der Waals surface area contributed by atoms with Crippen LogP contribution in [0.15, 0.2) is 45.3 Å². The minimum atomic E-state index is -0.109. The van der Waals surface area contributed by atoms with Crippen LogP contribution < -0.4 is 5.32 Å². The van der Waals surface area contributed by atoms with Gasteiger partial charge in [0.05, 0.1) is 5.56 Å². The zero-order valence-electron chi connectivity index (χ0n) is 11.3. The average molecular weight is 397 g/mol. The number of hydrogen-bond acceptors (Lipinski definition) is 1. The number of nitrogens with one attached hydrogen (secondary N) is 1. The van der Waals surface area contributed by atoms with E-state index in [1.165, 1.54) is 0 Å². The fourth-order valence-corrected chi connectivity index (χ4v) is 2.84. The van der Waals surface area contributed by atoms with E-state index in [1.807, 2.05) is 43.3 Å². The summed E-state index contributed by atoms with van der Waals surface area (Å²) in [6.07, 6.45) is 0.886. The lowest BCUT2D eigenvalue weighted by Crippen LogP contribution is -2.15. The number of aryl methyl sites for hydroxylation is 2. The Morgan fingerprint density at radius 1 is 1.20 bits per heavy atom. The van der Waals surface area contributed by atoms with Gasteiger partial charge >= 0.3 is 0 Å². The van der Waals surface area contributed by atoms with E-state index >= 15 is 0 Å². The van der Waals surface area contributed by atoms with Crippen molar-refractivity contribution < 1.29 is 4.79 Å². The van der Waals surface area contributed by atoms with Gasteiger partial charge in [-0.2, -0.15) is 0 Å². The molecule has 2 rings (SSSR count). The van der Waals surface area contributed by atoms with Crippen molar-refractivity contribution in [1.29, 1.82) is 0 Å². The highest BCUT2D eigenvalue weighted by Crippen LogP contribution is 2.25. The van der Waals surface area contributed by atoms with Crippen LogP contribution in [-0.4, -0.2) is 5.91 Å². The molecule has 2 nitrogen and oxygen atoms in total. The molecule has 0 atom stereocenters. The first kappa shape index (κ1) is 15.3. The number of rotatable bonds is 3. The smallest absolute Gasteiger partial charge is 0.256 e. The van der Waals surface area contributed by atoms with Crippen molar-refractivity contribution in [3.8, 4) is 0 Å². The topological polar surface area (TPSA) is 29.1 Å². The molecule has 2 aromatic carbocycles. The van der Waals surface area contributed by atoms with Crippen molar-refractivity contribution in [3.05, 3.63) is 62.0 Å². The minimum Gasteiger partial charge on any atom is -0.321 e. The standard InChI is InChI=1S/C16H15Br2NO/c1-3-11-6-4-5-10(2)15(11)19-16(20)13-9-12(17)7-8-14(13)18/h4-9H,3H2,1-2H3,(H,19,20). The third kappa shape index (κ3) is 3.30. The molecule has 2 aromatic rings. The predicted octanol–water partition coefficient (Wildman–Crippen LogP) is 5.33. The summed E-state index contributed by atoms with van der Waals surface area (Å²) in [7, 11) is 0. The third-order valence-corrected chi connectivity index (χ3v) is 4.34. The van der Waals surface area contributed by atoms with Gasteiger partial charge in [-0.3, -0.25) is 4.79 Å². The van der Waals surface area contributed by atoms with Crippen LogP contribution in [0.3, 0.4) is 0 Å². The van der Waals surface area contributed by atoms with Crippen molar-refractivity contribution in [2.45, 2.75) is 20.3 Å². The molecule has 0 aromatic heterocycles. The highest BCUT2D eigenvalue weighted by molar-refractivity contribution is 9.11. The van der Waals surface area contributed by atoms with Crippen molar-refractivity contribution in [2.24, 2.45) is 0 Å². The van der Waals surface area contributed by atoms with Crippen LogP contribution in [0.2, 0.25) is 0 Å². The van der Waals surface area contributed by atoms with Crippen molar-refractivity contribution in [1.82, 2.24) is 0 Å². The summed E-state index contributed by atoms with van der Waals surface area (Å²) >= 11 is 6.81. The van der Waals surface area contributed by atoms with Gasteiger partial charge in [0.2, 0.25) is 0 Å². The Hall–Kier alpha value is -1.13. The van der Waals surface area contributed by atoms with Crippen LogP contribution in [0.1, 0.15) is 28.4 Å². The van der Waals surface area contributed by atoms with Gasteiger partial charge in [0.25, 0.3) is 5.91 Å². The first-order valence-electron chi connectivity index (χ1n) is 6.37. The number of benzene rings is 2. The molecule has 0 aliphatic rings. The van der Waals surface area contributed by atoms with Crippen molar-refractivity contribution in [2.75, 3.05) is 5.32 Å². The second kappa shape index (κ2) is 6.55. The van der Waals surface area contributed by atoms with Crippen LogP contribution in [0, 0.1) is 6.92 Å². The van der Waals surface area contributed by atoms with Gasteiger partial charge in [-0.1, -0.05) is 41.1 Å². The highest BCUT2D eigenvalue weighted by atomic mass is 79.9. The average Bonchev–Trinajstić information content (AvgIpc) is 2.43. The van der Waals surface area contributed by atoms with E-state index < -0.39 is 0 Å². The zero-order chi connectivity index (χ0) is 14.7. The van der Waals surface area contributed by atoms with E-state index in [1.54, 1.807) is 0 Å². The molecule has 0 saturated heterocycles. The molecule has 0 bridgehead atoms. The van der Waals surface area contributed by atoms with Gasteiger partial charge in [0.1, 0.15) is 0 Å². The fraction of sp³-hybridized carbons (Fsp3) is 0.188. The van der Waals surface area contributed by atoms with Crippen LogP contribution in [-0.2, 0) is 6.42 Å². The Morgan fingerprint density at radius 3 is 2.65 bits per heavy atom. The van der Waals surface area contributed by atoms with E-state index in [2.05, 4.69) is 44.1 Å². The first-order chi connectivity index (χ1) is 9.52. The van der Waals surface area contributed by atoms with E-state index in [0.29, 0.717) is 5.56 Å². The molecule has 0 fully saturated rings. The monoisotopic (exact) mass is 395 g/mol. The Bertz CT molecular complexity index is 653. The number of carbonyl (C=O) groups excluding carboxylic acids is 1. The number of halogens is 2.